The van der Waals surface area contributed by atoms with E-state index in [-0.39, 0.29) is 6.61 Å². The molecular weight excluding hydrogens is 150 g/mol. The van der Waals surface area contributed by atoms with Gasteiger partial charge in [0.15, 0.2) is 0 Å². The molecule has 0 aromatic heterocycles. The Bertz CT molecular complexity index is 170. The largest absolute Gasteiger partial charge is 0.392 e. The molecule has 0 spiro atoms. The topological polar surface area (TPSA) is 20.2 Å². The summed E-state index contributed by atoms with van der Waals surface area (Å²) in [4.78, 5) is 1.23. The normalized spacial score (nSPS) is 9.80. The van der Waals surface area contributed by atoms with Crippen molar-refractivity contribution in [3.8, 4) is 0 Å². The number of thioether (sulfide) groups is 1. The van der Waals surface area contributed by atoms with Crippen molar-refractivity contribution < 1.29 is 5.11 Å². The predicted octanol–water partition coefficient (Wildman–Crippen LogP) is 1.90. The first-order chi connectivity index (χ1) is 4.86. The van der Waals surface area contributed by atoms with E-state index in [2.05, 4.69) is 0 Å². The van der Waals surface area contributed by atoms with Crippen LogP contribution in [0, 0.1) is 0 Å². The highest BCUT2D eigenvalue weighted by atomic mass is 32.2. The van der Waals surface area contributed by atoms with Gasteiger partial charge >= 0.3 is 0 Å². The third-order valence-electron chi connectivity index (χ3n) is 1.34. The van der Waals surface area contributed by atoms with Gasteiger partial charge in [-0.15, -0.1) is 11.8 Å². The molecule has 0 saturated carbocycles. The van der Waals surface area contributed by atoms with Gasteiger partial charge in [0.2, 0.25) is 0 Å². The molecule has 0 aliphatic heterocycles. The van der Waals surface area contributed by atoms with Crippen molar-refractivity contribution in [1.82, 2.24) is 0 Å². The highest BCUT2D eigenvalue weighted by molar-refractivity contribution is 7.98. The second-order valence-corrected chi connectivity index (χ2v) is 2.89. The van der Waals surface area contributed by atoms with E-state index in [1.807, 2.05) is 30.5 Å². The lowest BCUT2D eigenvalue weighted by Gasteiger charge is -1.96. The summed E-state index contributed by atoms with van der Waals surface area (Å²) < 4.78 is 0. The van der Waals surface area contributed by atoms with Gasteiger partial charge < -0.3 is 5.11 Å². The molecule has 0 bridgehead atoms. The monoisotopic (exact) mass is 160 g/mol. The molecule has 0 unspecified atom stereocenters. The third kappa shape index (κ3) is 1.75. The van der Waals surface area contributed by atoms with E-state index >= 15 is 0 Å². The fourth-order valence-corrected chi connectivity index (χ4v) is 1.14. The highest BCUT2D eigenvalue weighted by Crippen LogP contribution is 2.14. The van der Waals surface area contributed by atoms with E-state index in [4.69, 9.17) is 5.11 Å². The Morgan fingerprint density at radius 3 is 2.30 bits per heavy atom. The number of aliphatic hydroxyl groups excluding tert-OH is 1. The van der Waals surface area contributed by atoms with Crippen LogP contribution in [0.1, 0.15) is 5.56 Å². The predicted molar refractivity (Wildman–Crippen MR) is 44.1 cm³/mol. The molecule has 0 amide bonds. The Kier molecular flexibility index (Phi) is 2.78. The van der Waals surface area contributed by atoms with Crippen LogP contribution >= 0.6 is 11.8 Å². The van der Waals surface area contributed by atoms with Crippen LogP contribution in [0.15, 0.2) is 29.2 Å². The fraction of sp³-hybridized carbons (Fsp3) is 0.250. The van der Waals surface area contributed by atoms with Gasteiger partial charge in [0.25, 0.3) is 0 Å². The molecule has 2 heteroatoms. The zero-order valence-corrected chi connectivity index (χ0v) is 6.69. The van der Waals surface area contributed by atoms with Crippen molar-refractivity contribution in [2.75, 3.05) is 6.26 Å². The van der Waals surface area contributed by atoms with Gasteiger partial charge in [-0.25, -0.2) is 0 Å². The van der Waals surface area contributed by atoms with Crippen molar-refractivity contribution in [2.45, 2.75) is 11.5 Å². The molecule has 1 aromatic carbocycles. The Morgan fingerprint density at radius 1 is 1.30 bits per heavy atom. The average molecular weight is 160 g/mol. The van der Waals surface area contributed by atoms with Gasteiger partial charge in [0.1, 0.15) is 0 Å². The smallest absolute Gasteiger partial charge is 0.0681 e. The second-order valence-electron chi connectivity index (χ2n) is 2.01. The lowest BCUT2D eigenvalue weighted by Crippen LogP contribution is -1.80. The molecule has 0 atom stereocenters. The van der Waals surface area contributed by atoms with Crippen molar-refractivity contribution >= 4 is 11.8 Å². The maximum absolute atomic E-state index is 8.69. The summed E-state index contributed by atoms with van der Waals surface area (Å²) in [6.07, 6.45) is 2.04. The molecule has 0 saturated heterocycles. The zero-order valence-electron chi connectivity index (χ0n) is 5.87. The Labute approximate surface area is 65.1 Å². The molecule has 1 nitrogen and oxygen atoms in total. The number of aliphatic hydroxyl groups is 1. The van der Waals surface area contributed by atoms with Crippen molar-refractivity contribution in [3.63, 3.8) is 0 Å². The van der Waals surface area contributed by atoms with E-state index in [1.54, 1.807) is 11.8 Å². The Balaban J connectivity index is 2.80. The van der Waals surface area contributed by atoms with E-state index in [0.717, 1.165) is 5.56 Å². The molecule has 0 fully saturated rings. The summed E-state index contributed by atoms with van der Waals surface area (Å²) in [6.45, 7) is 0.134. The first-order valence-corrected chi connectivity index (χ1v) is 4.33. The minimum atomic E-state index is 0.134. The minimum Gasteiger partial charge on any atom is -0.392 e. The van der Waals surface area contributed by atoms with Crippen LogP contribution in [0.2, 0.25) is 0 Å². The molecule has 54 valence electrons. The number of rotatable bonds is 2. The summed E-state index contributed by atoms with van der Waals surface area (Å²) in [5.74, 6) is 0. The maximum Gasteiger partial charge on any atom is 0.0681 e. The molecule has 0 radical (unpaired) electrons. The lowest BCUT2D eigenvalue weighted by atomic mass is 11.0. The maximum atomic E-state index is 8.69. The van der Waals surface area contributed by atoms with Crippen LogP contribution in [0.5, 0.6) is 0 Å². The first kappa shape index (κ1) is 7.63. The summed E-state index contributed by atoms with van der Waals surface area (Å²) in [6, 6.07) is 7.89. The number of benzene rings is 1. The van der Waals surface area contributed by atoms with E-state index in [1.165, 1.54) is 4.90 Å². The Morgan fingerprint density at radius 2 is 1.90 bits per heavy atom. The van der Waals surface area contributed by atoms with Gasteiger partial charge in [-0.05, 0) is 24.0 Å². The molecule has 1 rings (SSSR count). The first-order valence-electron chi connectivity index (χ1n) is 3.10. The summed E-state index contributed by atoms with van der Waals surface area (Å²) >= 11 is 1.71. The van der Waals surface area contributed by atoms with Crippen LogP contribution < -0.4 is 0 Å². The molecule has 0 aliphatic rings. The summed E-state index contributed by atoms with van der Waals surface area (Å²) in [7, 11) is 0. The third-order valence-corrected chi connectivity index (χ3v) is 2.09. The lowest BCUT2D eigenvalue weighted by molar-refractivity contribution is 0.282. The van der Waals surface area contributed by atoms with Gasteiger partial charge in [0, 0.05) is 4.90 Å². The number of hydrogen-bond acceptors (Lipinski definition) is 2. The van der Waals surface area contributed by atoms with Crippen LogP contribution in [-0.2, 0) is 6.61 Å². The van der Waals surface area contributed by atoms with Gasteiger partial charge in [-0.1, -0.05) is 12.1 Å². The van der Waals surface area contributed by atoms with Crippen LogP contribution in [-0.4, -0.2) is 11.4 Å². The van der Waals surface area contributed by atoms with Crippen LogP contribution in [0.25, 0.3) is 0 Å². The van der Waals surface area contributed by atoms with Crippen LogP contribution in [0.4, 0.5) is 0 Å². The van der Waals surface area contributed by atoms with Gasteiger partial charge in [-0.3, -0.25) is 0 Å². The van der Waals surface area contributed by atoms with E-state index in [0.29, 0.717) is 0 Å². The second kappa shape index (κ2) is 3.64. The number of hydrogen-bond donors (Lipinski definition) is 1. The quantitative estimate of drug-likeness (QED) is 0.667. The molecule has 0 aliphatic carbocycles. The Hall–Kier alpha value is -0.470. The SMILES string of the molecule is CS[13c]1[13cH][13cH][13c](CO)[13cH][13cH]1. The van der Waals surface area contributed by atoms with Crippen LogP contribution in [0.3, 0.4) is 0 Å². The molecule has 10 heavy (non-hydrogen) atoms. The minimum absolute atomic E-state index is 0.134. The summed E-state index contributed by atoms with van der Waals surface area (Å²) in [5.41, 5.74) is 0.970. The fourth-order valence-electron chi connectivity index (χ4n) is 0.731. The average Bonchev–Trinajstić information content (AvgIpc) is 2.05. The highest BCUT2D eigenvalue weighted by Gasteiger charge is 1.89. The molecular formula is C8H10OS. The van der Waals surface area contributed by atoms with Gasteiger partial charge in [0.05, 0.1) is 6.61 Å². The molecule has 1 N–H and O–H groups in total. The van der Waals surface area contributed by atoms with Crippen molar-refractivity contribution in [2.24, 2.45) is 0 Å². The molecule has 0 heterocycles. The van der Waals surface area contributed by atoms with Gasteiger partial charge in [-0.2, -0.15) is 0 Å². The van der Waals surface area contributed by atoms with E-state index in [9.17, 15) is 0 Å². The zero-order chi connectivity index (χ0) is 7.40. The standard InChI is InChI=1S/C8H10OS/c1-10-8-4-2-7(6-9)3-5-8/h2-5,9H,6H2,1H3/i2+1,3+1,4+1,5+1,7+1,8+1. The summed E-state index contributed by atoms with van der Waals surface area (Å²) in [5, 5.41) is 8.69. The molecule has 1 aromatic rings. The van der Waals surface area contributed by atoms with E-state index < -0.39 is 0 Å². The van der Waals surface area contributed by atoms with Crippen molar-refractivity contribution in [3.05, 3.63) is 29.8 Å². The van der Waals surface area contributed by atoms with Crippen molar-refractivity contribution in [1.29, 1.82) is 0 Å².